The van der Waals surface area contributed by atoms with Crippen LogP contribution in [0.1, 0.15) is 23.7 Å². The number of rotatable bonds is 7. The predicted molar refractivity (Wildman–Crippen MR) is 99.6 cm³/mol. The first-order valence-corrected chi connectivity index (χ1v) is 8.20. The standard InChI is InChI=1S/C20H26N2O2/c1-15(24-4)11-12-21-20(23)18-9-5-7-16(13-18)17-8-6-10-19(14-17)22(2)3/h5-10,13-15H,11-12H2,1-4H3,(H,21,23)/t15-/m0/s1. The van der Waals surface area contributed by atoms with Crippen LogP contribution >= 0.6 is 0 Å². The van der Waals surface area contributed by atoms with E-state index < -0.39 is 0 Å². The van der Waals surface area contributed by atoms with Gasteiger partial charge in [-0.3, -0.25) is 4.79 Å². The van der Waals surface area contributed by atoms with Crippen LogP contribution in [0.15, 0.2) is 48.5 Å². The molecule has 0 fully saturated rings. The van der Waals surface area contributed by atoms with Crippen molar-refractivity contribution in [3.8, 4) is 11.1 Å². The van der Waals surface area contributed by atoms with E-state index in [1.165, 1.54) is 0 Å². The molecule has 0 radical (unpaired) electrons. The van der Waals surface area contributed by atoms with Crippen molar-refractivity contribution in [3.63, 3.8) is 0 Å². The minimum atomic E-state index is -0.0519. The van der Waals surface area contributed by atoms with Crippen LogP contribution in [0.5, 0.6) is 0 Å². The van der Waals surface area contributed by atoms with Crippen LogP contribution in [-0.4, -0.2) is 39.8 Å². The largest absolute Gasteiger partial charge is 0.382 e. The van der Waals surface area contributed by atoms with Crippen LogP contribution in [0.4, 0.5) is 5.69 Å². The van der Waals surface area contributed by atoms with Gasteiger partial charge in [-0.15, -0.1) is 0 Å². The Kier molecular flexibility index (Phi) is 6.38. The summed E-state index contributed by atoms with van der Waals surface area (Å²) < 4.78 is 5.19. The Hall–Kier alpha value is -2.33. The SMILES string of the molecule is CO[C@@H](C)CCNC(=O)c1cccc(-c2cccc(N(C)C)c2)c1. The molecule has 0 aliphatic rings. The van der Waals surface area contributed by atoms with Gasteiger partial charge < -0.3 is 15.0 Å². The molecule has 0 aliphatic heterocycles. The Balaban J connectivity index is 2.11. The van der Waals surface area contributed by atoms with Gasteiger partial charge in [0.15, 0.2) is 0 Å². The summed E-state index contributed by atoms with van der Waals surface area (Å²) in [5.74, 6) is -0.0519. The summed E-state index contributed by atoms with van der Waals surface area (Å²) in [7, 11) is 5.71. The summed E-state index contributed by atoms with van der Waals surface area (Å²) in [6.45, 7) is 2.60. The van der Waals surface area contributed by atoms with Gasteiger partial charge >= 0.3 is 0 Å². The lowest BCUT2D eigenvalue weighted by molar-refractivity contribution is 0.0918. The van der Waals surface area contributed by atoms with Gasteiger partial charge in [0.2, 0.25) is 0 Å². The molecule has 24 heavy (non-hydrogen) atoms. The summed E-state index contributed by atoms with van der Waals surface area (Å²) in [6.07, 6.45) is 0.942. The number of hydrogen-bond acceptors (Lipinski definition) is 3. The monoisotopic (exact) mass is 326 g/mol. The van der Waals surface area contributed by atoms with Crippen LogP contribution < -0.4 is 10.2 Å². The highest BCUT2D eigenvalue weighted by Gasteiger charge is 2.08. The molecule has 4 nitrogen and oxygen atoms in total. The Morgan fingerprint density at radius 2 is 1.79 bits per heavy atom. The first-order chi connectivity index (χ1) is 11.5. The zero-order valence-electron chi connectivity index (χ0n) is 14.9. The predicted octanol–water partition coefficient (Wildman–Crippen LogP) is 3.57. The maximum Gasteiger partial charge on any atom is 0.251 e. The fourth-order valence-corrected chi connectivity index (χ4v) is 2.41. The smallest absolute Gasteiger partial charge is 0.251 e. The van der Waals surface area contributed by atoms with Crippen molar-refractivity contribution in [3.05, 3.63) is 54.1 Å². The summed E-state index contributed by atoms with van der Waals surface area (Å²) in [5, 5.41) is 2.95. The molecule has 1 atom stereocenters. The van der Waals surface area contributed by atoms with E-state index in [2.05, 4.69) is 28.4 Å². The molecule has 0 unspecified atom stereocenters. The zero-order valence-corrected chi connectivity index (χ0v) is 14.9. The normalized spacial score (nSPS) is 11.8. The summed E-state index contributed by atoms with van der Waals surface area (Å²) >= 11 is 0. The van der Waals surface area contributed by atoms with Crippen molar-refractivity contribution in [1.29, 1.82) is 0 Å². The fourth-order valence-electron chi connectivity index (χ4n) is 2.41. The summed E-state index contributed by atoms with van der Waals surface area (Å²) in [6, 6.07) is 16.0. The number of nitrogens with zero attached hydrogens (tertiary/aromatic N) is 1. The van der Waals surface area contributed by atoms with E-state index in [1.807, 2.05) is 51.4 Å². The van der Waals surface area contributed by atoms with E-state index in [0.717, 1.165) is 23.2 Å². The van der Waals surface area contributed by atoms with Crippen LogP contribution in [0, 0.1) is 0 Å². The van der Waals surface area contributed by atoms with Gasteiger partial charge in [0.25, 0.3) is 5.91 Å². The molecule has 0 spiro atoms. The van der Waals surface area contributed by atoms with Crippen molar-refractivity contribution in [1.82, 2.24) is 5.32 Å². The van der Waals surface area contributed by atoms with E-state index in [-0.39, 0.29) is 12.0 Å². The number of benzene rings is 2. The molecular weight excluding hydrogens is 300 g/mol. The molecule has 128 valence electrons. The average molecular weight is 326 g/mol. The maximum absolute atomic E-state index is 12.3. The zero-order chi connectivity index (χ0) is 17.5. The van der Waals surface area contributed by atoms with Gasteiger partial charge in [0, 0.05) is 39.0 Å². The summed E-state index contributed by atoms with van der Waals surface area (Å²) in [5.41, 5.74) is 3.95. The number of ether oxygens (including phenoxy) is 1. The number of methoxy groups -OCH3 is 1. The molecule has 0 saturated heterocycles. The number of carbonyl (C=O) groups excluding carboxylic acids is 1. The molecule has 4 heteroatoms. The number of amides is 1. The highest BCUT2D eigenvalue weighted by molar-refractivity contribution is 5.95. The van der Waals surface area contributed by atoms with Crippen molar-refractivity contribution < 1.29 is 9.53 Å². The van der Waals surface area contributed by atoms with Gasteiger partial charge in [0.1, 0.15) is 0 Å². The third-order valence-electron chi connectivity index (χ3n) is 4.06. The Morgan fingerprint density at radius 1 is 1.12 bits per heavy atom. The molecular formula is C20H26N2O2. The maximum atomic E-state index is 12.3. The average Bonchev–Trinajstić information content (AvgIpc) is 2.61. The van der Waals surface area contributed by atoms with E-state index in [0.29, 0.717) is 12.1 Å². The molecule has 2 aromatic rings. The lowest BCUT2D eigenvalue weighted by atomic mass is 10.0. The molecule has 1 amide bonds. The number of anilines is 1. The highest BCUT2D eigenvalue weighted by Crippen LogP contribution is 2.24. The van der Waals surface area contributed by atoms with Gasteiger partial charge in [-0.25, -0.2) is 0 Å². The number of hydrogen-bond donors (Lipinski definition) is 1. The van der Waals surface area contributed by atoms with Gasteiger partial charge in [-0.05, 0) is 48.7 Å². The molecule has 0 aliphatic carbocycles. The number of nitrogens with one attached hydrogen (secondary N) is 1. The van der Waals surface area contributed by atoms with Gasteiger partial charge in [-0.1, -0.05) is 24.3 Å². The van der Waals surface area contributed by atoms with E-state index in [1.54, 1.807) is 7.11 Å². The quantitative estimate of drug-likeness (QED) is 0.845. The van der Waals surface area contributed by atoms with Gasteiger partial charge in [-0.2, -0.15) is 0 Å². The second-order valence-electron chi connectivity index (χ2n) is 6.12. The lowest BCUT2D eigenvalue weighted by Gasteiger charge is -2.14. The molecule has 0 heterocycles. The van der Waals surface area contributed by atoms with Gasteiger partial charge in [0.05, 0.1) is 6.10 Å². The third kappa shape index (κ3) is 4.83. The van der Waals surface area contributed by atoms with Crippen LogP contribution in [0.25, 0.3) is 11.1 Å². The molecule has 1 N–H and O–H groups in total. The Labute approximate surface area is 144 Å². The van der Waals surface area contributed by atoms with E-state index in [4.69, 9.17) is 4.74 Å². The second-order valence-corrected chi connectivity index (χ2v) is 6.12. The molecule has 2 rings (SSSR count). The fraction of sp³-hybridized carbons (Fsp3) is 0.350. The Morgan fingerprint density at radius 3 is 2.46 bits per heavy atom. The van der Waals surface area contributed by atoms with Crippen molar-refractivity contribution in [2.24, 2.45) is 0 Å². The van der Waals surface area contributed by atoms with Crippen molar-refractivity contribution in [2.75, 3.05) is 32.6 Å². The van der Waals surface area contributed by atoms with Crippen LogP contribution in [0.2, 0.25) is 0 Å². The van der Waals surface area contributed by atoms with Crippen LogP contribution in [0.3, 0.4) is 0 Å². The summed E-state index contributed by atoms with van der Waals surface area (Å²) in [4.78, 5) is 14.4. The molecule has 0 aromatic heterocycles. The third-order valence-corrected chi connectivity index (χ3v) is 4.06. The minimum absolute atomic E-state index is 0.0519. The van der Waals surface area contributed by atoms with Crippen molar-refractivity contribution >= 4 is 11.6 Å². The first kappa shape index (κ1) is 18.0. The van der Waals surface area contributed by atoms with Crippen molar-refractivity contribution in [2.45, 2.75) is 19.4 Å². The van der Waals surface area contributed by atoms with E-state index >= 15 is 0 Å². The first-order valence-electron chi connectivity index (χ1n) is 8.20. The lowest BCUT2D eigenvalue weighted by Crippen LogP contribution is -2.26. The highest BCUT2D eigenvalue weighted by atomic mass is 16.5. The molecule has 0 saturated carbocycles. The van der Waals surface area contributed by atoms with E-state index in [9.17, 15) is 4.79 Å². The Bertz CT molecular complexity index is 683. The molecule has 0 bridgehead atoms. The number of carbonyl (C=O) groups is 1. The van der Waals surface area contributed by atoms with Crippen LogP contribution in [-0.2, 0) is 4.74 Å². The second kappa shape index (κ2) is 8.50. The minimum Gasteiger partial charge on any atom is -0.382 e. The molecule has 2 aromatic carbocycles. The topological polar surface area (TPSA) is 41.6 Å².